The molecule has 0 aliphatic carbocycles. The average molecular weight is 485 g/mol. The van der Waals surface area contributed by atoms with Crippen LogP contribution in [0.1, 0.15) is 36.7 Å². The Hall–Kier alpha value is -2.98. The molecular weight excluding hydrogens is 448 g/mol. The molecule has 0 radical (unpaired) electrons. The molecule has 9 heteroatoms. The molecular formula is C26H36N4O5. The molecule has 1 heterocycles. The zero-order chi connectivity index (χ0) is 25.3. The standard InChI is InChI=1S/C26H36N4O5/c1-26(2,3)35-25(33)29-23-7-5-4-6-22(23)28-24(32)20-10-8-19(9-11-20)16-27-17-21(31)18-30-12-14-34-15-13-30/h4-11,21,27,31H,12-18H2,1-3H3,(H,28,32)(H,29,33). The van der Waals surface area contributed by atoms with E-state index in [1.54, 1.807) is 57.2 Å². The molecule has 4 N–H and O–H groups in total. The van der Waals surface area contributed by atoms with Crippen LogP contribution in [-0.4, -0.2) is 73.1 Å². The molecule has 2 aromatic rings. The van der Waals surface area contributed by atoms with Crippen LogP contribution in [0.15, 0.2) is 48.5 Å². The van der Waals surface area contributed by atoms with Crippen molar-refractivity contribution in [1.29, 1.82) is 0 Å². The van der Waals surface area contributed by atoms with Crippen LogP contribution in [0.5, 0.6) is 0 Å². The SMILES string of the molecule is CC(C)(C)OC(=O)Nc1ccccc1NC(=O)c1ccc(CNCC(O)CN2CCOCC2)cc1. The van der Waals surface area contributed by atoms with Crippen molar-refractivity contribution in [2.24, 2.45) is 0 Å². The average Bonchev–Trinajstić information content (AvgIpc) is 2.80. The van der Waals surface area contributed by atoms with Crippen LogP contribution in [0.25, 0.3) is 0 Å². The topological polar surface area (TPSA) is 112 Å². The number of β-amino-alcohol motifs (C(OH)–C–C–N with tert-alkyl or cyclic N) is 1. The molecule has 0 spiro atoms. The first-order valence-electron chi connectivity index (χ1n) is 11.9. The van der Waals surface area contributed by atoms with E-state index in [1.165, 1.54) is 0 Å². The smallest absolute Gasteiger partial charge is 0.412 e. The normalized spacial score (nSPS) is 15.3. The number of aliphatic hydroxyl groups excluding tert-OH is 1. The van der Waals surface area contributed by atoms with E-state index >= 15 is 0 Å². The van der Waals surface area contributed by atoms with E-state index in [9.17, 15) is 14.7 Å². The molecule has 1 saturated heterocycles. The van der Waals surface area contributed by atoms with Gasteiger partial charge in [-0.15, -0.1) is 0 Å². The first-order valence-corrected chi connectivity index (χ1v) is 11.9. The van der Waals surface area contributed by atoms with Gasteiger partial charge in [-0.25, -0.2) is 4.79 Å². The van der Waals surface area contributed by atoms with E-state index in [4.69, 9.17) is 9.47 Å². The lowest BCUT2D eigenvalue weighted by atomic mass is 10.1. The number of anilines is 2. The van der Waals surface area contributed by atoms with Gasteiger partial charge in [-0.3, -0.25) is 15.0 Å². The molecule has 1 fully saturated rings. The highest BCUT2D eigenvalue weighted by molar-refractivity contribution is 6.06. The molecule has 1 atom stereocenters. The minimum atomic E-state index is -0.625. The molecule has 9 nitrogen and oxygen atoms in total. The van der Waals surface area contributed by atoms with Crippen molar-refractivity contribution in [3.05, 3.63) is 59.7 Å². The van der Waals surface area contributed by atoms with Crippen LogP contribution >= 0.6 is 0 Å². The van der Waals surface area contributed by atoms with Gasteiger partial charge in [-0.1, -0.05) is 24.3 Å². The third kappa shape index (κ3) is 9.29. The lowest BCUT2D eigenvalue weighted by Crippen LogP contribution is -2.43. The van der Waals surface area contributed by atoms with Gasteiger partial charge in [0.2, 0.25) is 0 Å². The number of hydrogen-bond donors (Lipinski definition) is 4. The van der Waals surface area contributed by atoms with Crippen LogP contribution in [0.2, 0.25) is 0 Å². The highest BCUT2D eigenvalue weighted by Crippen LogP contribution is 2.23. The molecule has 1 aliphatic rings. The molecule has 0 aromatic heterocycles. The van der Waals surface area contributed by atoms with E-state index in [-0.39, 0.29) is 5.91 Å². The van der Waals surface area contributed by atoms with Gasteiger partial charge in [-0.2, -0.15) is 0 Å². The zero-order valence-electron chi connectivity index (χ0n) is 20.7. The third-order valence-electron chi connectivity index (χ3n) is 5.31. The van der Waals surface area contributed by atoms with E-state index < -0.39 is 17.8 Å². The van der Waals surface area contributed by atoms with Crippen LogP contribution < -0.4 is 16.0 Å². The van der Waals surface area contributed by atoms with Gasteiger partial charge in [0.25, 0.3) is 5.91 Å². The van der Waals surface area contributed by atoms with E-state index in [1.807, 2.05) is 12.1 Å². The van der Waals surface area contributed by atoms with Crippen molar-refractivity contribution in [3.63, 3.8) is 0 Å². The van der Waals surface area contributed by atoms with E-state index in [2.05, 4.69) is 20.9 Å². The van der Waals surface area contributed by atoms with Crippen molar-refractivity contribution >= 4 is 23.4 Å². The Morgan fingerprint density at radius 2 is 1.66 bits per heavy atom. The number of hydrogen-bond acceptors (Lipinski definition) is 7. The van der Waals surface area contributed by atoms with Gasteiger partial charge in [0.05, 0.1) is 30.7 Å². The molecule has 190 valence electrons. The van der Waals surface area contributed by atoms with Crippen molar-refractivity contribution < 1.29 is 24.2 Å². The second-order valence-corrected chi connectivity index (χ2v) is 9.52. The number of nitrogens with zero attached hydrogens (tertiary/aromatic N) is 1. The summed E-state index contributed by atoms with van der Waals surface area (Å²) in [4.78, 5) is 27.1. The first-order chi connectivity index (χ1) is 16.7. The van der Waals surface area contributed by atoms with Gasteiger partial charge >= 0.3 is 6.09 Å². The first kappa shape index (κ1) is 26.6. The van der Waals surface area contributed by atoms with E-state index in [0.29, 0.717) is 49.8 Å². The fourth-order valence-corrected chi connectivity index (χ4v) is 3.61. The maximum absolute atomic E-state index is 12.8. The third-order valence-corrected chi connectivity index (χ3v) is 5.31. The number of morpholine rings is 1. The fraction of sp³-hybridized carbons (Fsp3) is 0.462. The lowest BCUT2D eigenvalue weighted by Gasteiger charge is -2.28. The molecule has 2 aromatic carbocycles. The van der Waals surface area contributed by atoms with Crippen molar-refractivity contribution in [2.75, 3.05) is 50.0 Å². The largest absolute Gasteiger partial charge is 0.444 e. The predicted molar refractivity (Wildman–Crippen MR) is 136 cm³/mol. The Morgan fingerprint density at radius 1 is 1.03 bits per heavy atom. The molecule has 2 amide bonds. The number of amides is 2. The van der Waals surface area contributed by atoms with Crippen molar-refractivity contribution in [2.45, 2.75) is 39.0 Å². The number of aliphatic hydroxyl groups is 1. The minimum Gasteiger partial charge on any atom is -0.444 e. The Balaban J connectivity index is 1.48. The van der Waals surface area contributed by atoms with Gasteiger partial charge in [0.15, 0.2) is 0 Å². The summed E-state index contributed by atoms with van der Waals surface area (Å²) in [5.74, 6) is -0.288. The Kier molecular flexibility index (Phi) is 9.62. The summed E-state index contributed by atoms with van der Waals surface area (Å²) in [6.45, 7) is 10.2. The highest BCUT2D eigenvalue weighted by atomic mass is 16.6. The summed E-state index contributed by atoms with van der Waals surface area (Å²) in [5, 5.41) is 19.0. The number of carbonyl (C=O) groups is 2. The Bertz CT molecular complexity index is 968. The van der Waals surface area contributed by atoms with Crippen molar-refractivity contribution in [3.8, 4) is 0 Å². The van der Waals surface area contributed by atoms with Crippen LogP contribution in [0, 0.1) is 0 Å². The molecule has 35 heavy (non-hydrogen) atoms. The fourth-order valence-electron chi connectivity index (χ4n) is 3.61. The van der Waals surface area contributed by atoms with Crippen LogP contribution in [0.4, 0.5) is 16.2 Å². The monoisotopic (exact) mass is 484 g/mol. The second-order valence-electron chi connectivity index (χ2n) is 9.52. The minimum absolute atomic E-state index is 0.288. The summed E-state index contributed by atoms with van der Waals surface area (Å²) in [6.07, 6.45) is -1.04. The summed E-state index contributed by atoms with van der Waals surface area (Å²) in [5.41, 5.74) is 1.80. The number of ether oxygens (including phenoxy) is 2. The number of para-hydroxylation sites is 2. The van der Waals surface area contributed by atoms with Crippen LogP contribution in [0.3, 0.4) is 0 Å². The Labute approximate surface area is 206 Å². The Morgan fingerprint density at radius 3 is 2.29 bits per heavy atom. The van der Waals surface area contributed by atoms with Gasteiger partial charge in [0, 0.05) is 38.3 Å². The number of nitrogens with one attached hydrogen (secondary N) is 3. The summed E-state index contributed by atoms with van der Waals surface area (Å²) in [7, 11) is 0. The van der Waals surface area contributed by atoms with Crippen molar-refractivity contribution in [1.82, 2.24) is 10.2 Å². The predicted octanol–water partition coefficient (Wildman–Crippen LogP) is 3.07. The van der Waals surface area contributed by atoms with Gasteiger partial charge in [-0.05, 0) is 50.6 Å². The number of rotatable bonds is 9. The van der Waals surface area contributed by atoms with Gasteiger partial charge < -0.3 is 25.2 Å². The maximum atomic E-state index is 12.8. The number of carbonyl (C=O) groups excluding carboxylic acids is 2. The lowest BCUT2D eigenvalue weighted by molar-refractivity contribution is 0.0149. The summed E-state index contributed by atoms with van der Waals surface area (Å²) < 4.78 is 10.6. The quantitative estimate of drug-likeness (QED) is 0.433. The summed E-state index contributed by atoms with van der Waals surface area (Å²) in [6, 6.07) is 14.2. The molecule has 1 unspecified atom stereocenters. The highest BCUT2D eigenvalue weighted by Gasteiger charge is 2.18. The molecule has 1 aliphatic heterocycles. The summed E-state index contributed by atoms with van der Waals surface area (Å²) >= 11 is 0. The zero-order valence-corrected chi connectivity index (χ0v) is 20.7. The molecule has 0 bridgehead atoms. The number of benzene rings is 2. The van der Waals surface area contributed by atoms with Gasteiger partial charge in [0.1, 0.15) is 5.60 Å². The van der Waals surface area contributed by atoms with E-state index in [0.717, 1.165) is 18.7 Å². The second kappa shape index (κ2) is 12.6. The van der Waals surface area contributed by atoms with Crippen LogP contribution in [-0.2, 0) is 16.0 Å². The molecule has 0 saturated carbocycles. The molecule has 3 rings (SSSR count). The maximum Gasteiger partial charge on any atom is 0.412 e.